The lowest BCUT2D eigenvalue weighted by Gasteiger charge is -2.16. The van der Waals surface area contributed by atoms with Gasteiger partial charge in [-0.05, 0) is 18.2 Å². The minimum Gasteiger partial charge on any atom is -0.486 e. The number of hydrogen-bond donors (Lipinski definition) is 1. The van der Waals surface area contributed by atoms with Gasteiger partial charge in [0.05, 0.1) is 9.92 Å². The molecule has 1 rings (SSSR count). The maximum absolute atomic E-state index is 12.6. The van der Waals surface area contributed by atoms with E-state index in [2.05, 4.69) is 4.74 Å². The molecular formula is C9H8ClF4NO3S. The highest BCUT2D eigenvalue weighted by Gasteiger charge is 2.41. The van der Waals surface area contributed by atoms with Gasteiger partial charge in [-0.2, -0.15) is 8.78 Å². The Balaban J connectivity index is 2.88. The van der Waals surface area contributed by atoms with Gasteiger partial charge in [0.2, 0.25) is 10.0 Å². The summed E-state index contributed by atoms with van der Waals surface area (Å²) < 4.78 is 75.3. The van der Waals surface area contributed by atoms with Crippen LogP contribution in [0.5, 0.6) is 5.75 Å². The van der Waals surface area contributed by atoms with E-state index in [4.69, 9.17) is 16.7 Å². The van der Waals surface area contributed by atoms with Gasteiger partial charge in [0, 0.05) is 0 Å². The van der Waals surface area contributed by atoms with Crippen molar-refractivity contribution in [1.82, 2.24) is 0 Å². The maximum atomic E-state index is 12.6. The number of alkyl halides is 4. The van der Waals surface area contributed by atoms with Crippen LogP contribution in [-0.4, -0.2) is 27.4 Å². The molecule has 0 unspecified atom stereocenters. The van der Waals surface area contributed by atoms with Crippen molar-refractivity contribution in [2.75, 3.05) is 6.61 Å². The third-order valence-electron chi connectivity index (χ3n) is 1.97. The Hall–Kier alpha value is -1.06. The molecular weight excluding hydrogens is 314 g/mol. The van der Waals surface area contributed by atoms with Crippen LogP contribution in [0.2, 0.25) is 5.02 Å². The second kappa shape index (κ2) is 5.51. The lowest BCUT2D eigenvalue weighted by Crippen LogP contribution is -2.33. The highest BCUT2D eigenvalue weighted by atomic mass is 35.5. The quantitative estimate of drug-likeness (QED) is 0.846. The van der Waals surface area contributed by atoms with Gasteiger partial charge in [-0.1, -0.05) is 11.6 Å². The monoisotopic (exact) mass is 321 g/mol. The van der Waals surface area contributed by atoms with Crippen LogP contribution in [0, 0.1) is 0 Å². The van der Waals surface area contributed by atoms with Gasteiger partial charge in [0.25, 0.3) is 0 Å². The topological polar surface area (TPSA) is 69.4 Å². The van der Waals surface area contributed by atoms with Crippen molar-refractivity contribution in [2.24, 2.45) is 5.14 Å². The molecule has 0 aliphatic rings. The largest absolute Gasteiger partial charge is 0.486 e. The molecule has 19 heavy (non-hydrogen) atoms. The molecule has 0 atom stereocenters. The summed E-state index contributed by atoms with van der Waals surface area (Å²) in [7, 11) is -4.01. The normalized spacial score (nSPS) is 12.8. The summed E-state index contributed by atoms with van der Waals surface area (Å²) in [5.74, 6) is -4.68. The number of benzene rings is 1. The van der Waals surface area contributed by atoms with Crippen molar-refractivity contribution in [3.05, 3.63) is 23.2 Å². The fourth-order valence-corrected chi connectivity index (χ4v) is 1.85. The van der Waals surface area contributed by atoms with Crippen LogP contribution in [0.1, 0.15) is 0 Å². The van der Waals surface area contributed by atoms with Crippen LogP contribution < -0.4 is 9.88 Å². The van der Waals surface area contributed by atoms with E-state index in [1.807, 2.05) is 0 Å². The molecule has 1 aromatic rings. The second-order valence-electron chi connectivity index (χ2n) is 3.49. The summed E-state index contributed by atoms with van der Waals surface area (Å²) in [6, 6.07) is 2.77. The maximum Gasteiger partial charge on any atom is 0.340 e. The van der Waals surface area contributed by atoms with Crippen LogP contribution in [0.15, 0.2) is 23.1 Å². The summed E-state index contributed by atoms with van der Waals surface area (Å²) in [5, 5.41) is 4.48. The third-order valence-corrected chi connectivity index (χ3v) is 3.18. The van der Waals surface area contributed by atoms with E-state index < -0.39 is 29.0 Å². The minimum absolute atomic E-state index is 0.336. The van der Waals surface area contributed by atoms with Crippen molar-refractivity contribution >= 4 is 21.6 Å². The molecule has 0 saturated heterocycles. The van der Waals surface area contributed by atoms with Crippen molar-refractivity contribution in [1.29, 1.82) is 0 Å². The molecule has 0 saturated carbocycles. The molecule has 0 aromatic heterocycles. The van der Waals surface area contributed by atoms with Gasteiger partial charge >= 0.3 is 12.3 Å². The summed E-state index contributed by atoms with van der Waals surface area (Å²) >= 11 is 5.57. The molecule has 0 bridgehead atoms. The fraction of sp³-hybridized carbons (Fsp3) is 0.333. The SMILES string of the molecule is NS(=O)(=O)c1ccc(OCC(F)(F)C(F)F)c(Cl)c1. The van der Waals surface area contributed by atoms with E-state index in [0.29, 0.717) is 0 Å². The Morgan fingerprint density at radius 1 is 1.37 bits per heavy atom. The van der Waals surface area contributed by atoms with Crippen molar-refractivity contribution < 1.29 is 30.7 Å². The first-order chi connectivity index (χ1) is 8.54. The highest BCUT2D eigenvalue weighted by molar-refractivity contribution is 7.89. The highest BCUT2D eigenvalue weighted by Crippen LogP contribution is 2.30. The van der Waals surface area contributed by atoms with E-state index in [1.165, 1.54) is 0 Å². The summed E-state index contributed by atoms with van der Waals surface area (Å²) in [4.78, 5) is -0.356. The van der Waals surface area contributed by atoms with Gasteiger partial charge in [-0.3, -0.25) is 0 Å². The predicted molar refractivity (Wildman–Crippen MR) is 59.3 cm³/mol. The summed E-state index contributed by atoms with van der Waals surface area (Å²) in [5.41, 5.74) is 0. The fourth-order valence-electron chi connectivity index (χ4n) is 1.01. The van der Waals surface area contributed by atoms with Crippen LogP contribution >= 0.6 is 11.6 Å². The number of sulfonamides is 1. The van der Waals surface area contributed by atoms with E-state index in [9.17, 15) is 26.0 Å². The zero-order valence-corrected chi connectivity index (χ0v) is 10.7. The molecule has 0 radical (unpaired) electrons. The van der Waals surface area contributed by atoms with E-state index in [-0.39, 0.29) is 15.7 Å². The average Bonchev–Trinajstić information content (AvgIpc) is 2.25. The zero-order chi connectivity index (χ0) is 14.8. The van der Waals surface area contributed by atoms with Gasteiger partial charge < -0.3 is 4.74 Å². The zero-order valence-electron chi connectivity index (χ0n) is 9.12. The van der Waals surface area contributed by atoms with Crippen LogP contribution in [0.3, 0.4) is 0 Å². The van der Waals surface area contributed by atoms with Crippen molar-refractivity contribution in [2.45, 2.75) is 17.2 Å². The first kappa shape index (κ1) is 16.0. The minimum atomic E-state index is -4.33. The Morgan fingerprint density at radius 2 is 1.95 bits per heavy atom. The van der Waals surface area contributed by atoms with Crippen molar-refractivity contribution in [3.8, 4) is 5.75 Å². The lowest BCUT2D eigenvalue weighted by atomic mass is 10.3. The molecule has 2 N–H and O–H groups in total. The van der Waals surface area contributed by atoms with Gasteiger partial charge in [0.1, 0.15) is 5.75 Å². The molecule has 108 valence electrons. The molecule has 0 fully saturated rings. The number of rotatable bonds is 5. The number of hydrogen-bond acceptors (Lipinski definition) is 3. The smallest absolute Gasteiger partial charge is 0.340 e. The van der Waals surface area contributed by atoms with Gasteiger partial charge in [-0.15, -0.1) is 0 Å². The van der Waals surface area contributed by atoms with Crippen LogP contribution in [0.25, 0.3) is 0 Å². The van der Waals surface area contributed by atoms with Crippen LogP contribution in [-0.2, 0) is 10.0 Å². The molecule has 0 spiro atoms. The lowest BCUT2D eigenvalue weighted by molar-refractivity contribution is -0.148. The molecule has 10 heteroatoms. The Bertz CT molecular complexity index is 565. The number of halogens is 5. The molecule has 0 amide bonds. The molecule has 0 aliphatic carbocycles. The summed E-state index contributed by atoms with van der Waals surface area (Å²) in [6.45, 7) is -1.58. The van der Waals surface area contributed by atoms with Gasteiger partial charge in [-0.25, -0.2) is 22.3 Å². The number of ether oxygens (including phenoxy) is 1. The number of nitrogens with two attached hydrogens (primary N) is 1. The standard InChI is InChI=1S/C9H8ClF4NO3S/c10-6-3-5(19(15,16)17)1-2-7(6)18-4-9(13,14)8(11)12/h1-3,8H,4H2,(H2,15,16,17). The number of primary sulfonamides is 1. The molecule has 0 heterocycles. The Kier molecular flexibility index (Phi) is 4.64. The third kappa shape index (κ3) is 4.22. The van der Waals surface area contributed by atoms with Gasteiger partial charge in [0.15, 0.2) is 6.61 Å². The Morgan fingerprint density at radius 3 is 2.37 bits per heavy atom. The molecule has 0 aliphatic heterocycles. The van der Waals surface area contributed by atoms with Crippen molar-refractivity contribution in [3.63, 3.8) is 0 Å². The molecule has 1 aromatic carbocycles. The first-order valence-corrected chi connectivity index (χ1v) is 6.57. The van der Waals surface area contributed by atoms with Crippen LogP contribution in [0.4, 0.5) is 17.6 Å². The van der Waals surface area contributed by atoms with E-state index in [0.717, 1.165) is 18.2 Å². The Labute approximate surface area is 111 Å². The van der Waals surface area contributed by atoms with E-state index in [1.54, 1.807) is 0 Å². The van der Waals surface area contributed by atoms with E-state index >= 15 is 0 Å². The predicted octanol–water partition coefficient (Wildman–Crippen LogP) is 2.27. The second-order valence-corrected chi connectivity index (χ2v) is 5.46. The average molecular weight is 322 g/mol. The first-order valence-electron chi connectivity index (χ1n) is 4.65. The molecule has 4 nitrogen and oxygen atoms in total. The summed E-state index contributed by atoms with van der Waals surface area (Å²) in [6.07, 6.45) is -3.88.